The molecule has 0 fully saturated rings. The van der Waals surface area contributed by atoms with E-state index in [4.69, 9.17) is 0 Å². The van der Waals surface area contributed by atoms with Gasteiger partial charge in [0.25, 0.3) is 0 Å². The van der Waals surface area contributed by atoms with Crippen LogP contribution in [0.5, 0.6) is 0 Å². The molecule has 0 aliphatic rings. The number of hydrogen-bond acceptors (Lipinski definition) is 2. The normalized spacial score (nSPS) is 11.2. The molecule has 0 amide bonds. The van der Waals surface area contributed by atoms with E-state index in [0.29, 0.717) is 0 Å². The standard InChI is InChI=1S/C6H9FO2/c1-5(7)3-4-9-6(2)8/h3H,4H2,1-2H3/b5-3+. The Kier molecular flexibility index (Phi) is 3.67. The lowest BCUT2D eigenvalue weighted by Crippen LogP contribution is -1.97. The molecule has 0 heterocycles. The highest BCUT2D eigenvalue weighted by atomic mass is 19.1. The lowest BCUT2D eigenvalue weighted by Gasteiger charge is -1.93. The van der Waals surface area contributed by atoms with Crippen molar-refractivity contribution in [3.05, 3.63) is 11.9 Å². The van der Waals surface area contributed by atoms with E-state index in [1.54, 1.807) is 0 Å². The van der Waals surface area contributed by atoms with Gasteiger partial charge in [0.05, 0.1) is 5.83 Å². The largest absolute Gasteiger partial charge is 0.462 e. The summed E-state index contributed by atoms with van der Waals surface area (Å²) in [7, 11) is 0. The summed E-state index contributed by atoms with van der Waals surface area (Å²) in [5.74, 6) is -0.733. The molecular weight excluding hydrogens is 123 g/mol. The minimum atomic E-state index is -0.396. The van der Waals surface area contributed by atoms with Crippen molar-refractivity contribution in [2.75, 3.05) is 6.61 Å². The summed E-state index contributed by atoms with van der Waals surface area (Å²) in [6, 6.07) is 0. The van der Waals surface area contributed by atoms with Crippen molar-refractivity contribution in [3.8, 4) is 0 Å². The Morgan fingerprint density at radius 3 is 2.56 bits per heavy atom. The minimum absolute atomic E-state index is 0.0255. The Bertz CT molecular complexity index is 125. The molecule has 0 unspecified atom stereocenters. The third-order valence-electron chi connectivity index (χ3n) is 0.651. The summed E-state index contributed by atoms with van der Waals surface area (Å²) in [6.45, 7) is 2.60. The molecule has 9 heavy (non-hydrogen) atoms. The van der Waals surface area contributed by atoms with Gasteiger partial charge in [-0.15, -0.1) is 0 Å². The van der Waals surface area contributed by atoms with Crippen molar-refractivity contribution in [1.29, 1.82) is 0 Å². The highest BCUT2D eigenvalue weighted by Crippen LogP contribution is 1.91. The van der Waals surface area contributed by atoms with E-state index in [0.717, 1.165) is 0 Å². The number of esters is 1. The van der Waals surface area contributed by atoms with E-state index in [9.17, 15) is 9.18 Å². The molecule has 0 aromatic rings. The second-order valence-electron chi connectivity index (χ2n) is 1.59. The number of allylic oxidation sites excluding steroid dienone is 1. The molecule has 0 aliphatic carbocycles. The SMILES string of the molecule is CC(=O)OC/C=C(\C)F. The van der Waals surface area contributed by atoms with Gasteiger partial charge in [-0.25, -0.2) is 4.39 Å². The number of ether oxygens (including phenoxy) is 1. The van der Waals surface area contributed by atoms with Crippen molar-refractivity contribution in [3.63, 3.8) is 0 Å². The van der Waals surface area contributed by atoms with Crippen molar-refractivity contribution in [1.82, 2.24) is 0 Å². The van der Waals surface area contributed by atoms with Crippen LogP contribution in [0.25, 0.3) is 0 Å². The van der Waals surface area contributed by atoms with E-state index in [2.05, 4.69) is 4.74 Å². The highest BCUT2D eigenvalue weighted by molar-refractivity contribution is 5.65. The molecule has 0 rings (SSSR count). The zero-order chi connectivity index (χ0) is 7.28. The fraction of sp³-hybridized carbons (Fsp3) is 0.500. The van der Waals surface area contributed by atoms with Crippen molar-refractivity contribution in [2.24, 2.45) is 0 Å². The van der Waals surface area contributed by atoms with Crippen LogP contribution in [-0.2, 0) is 9.53 Å². The number of carbonyl (C=O) groups excluding carboxylic acids is 1. The Balaban J connectivity index is 3.31. The van der Waals surface area contributed by atoms with Crippen LogP contribution in [0.4, 0.5) is 4.39 Å². The van der Waals surface area contributed by atoms with Gasteiger partial charge in [0.1, 0.15) is 6.61 Å². The summed E-state index contributed by atoms with van der Waals surface area (Å²) in [4.78, 5) is 10.1. The summed E-state index contributed by atoms with van der Waals surface area (Å²) in [6.07, 6.45) is 1.20. The van der Waals surface area contributed by atoms with E-state index in [1.807, 2.05) is 0 Å². The fourth-order valence-corrected chi connectivity index (χ4v) is 0.274. The molecule has 0 aromatic carbocycles. The maximum atomic E-state index is 11.8. The van der Waals surface area contributed by atoms with E-state index < -0.39 is 5.97 Å². The molecule has 0 aromatic heterocycles. The zero-order valence-corrected chi connectivity index (χ0v) is 5.48. The molecule has 2 nitrogen and oxygen atoms in total. The Hall–Kier alpha value is -0.860. The van der Waals surface area contributed by atoms with Gasteiger partial charge in [-0.1, -0.05) is 0 Å². The Morgan fingerprint density at radius 2 is 2.22 bits per heavy atom. The predicted octanol–water partition coefficient (Wildman–Crippen LogP) is 1.42. The zero-order valence-electron chi connectivity index (χ0n) is 5.48. The first-order valence-electron chi connectivity index (χ1n) is 2.58. The van der Waals surface area contributed by atoms with Crippen LogP contribution >= 0.6 is 0 Å². The van der Waals surface area contributed by atoms with E-state index in [-0.39, 0.29) is 12.4 Å². The molecule has 0 atom stereocenters. The predicted molar refractivity (Wildman–Crippen MR) is 31.5 cm³/mol. The molecule has 0 bridgehead atoms. The average molecular weight is 132 g/mol. The first-order valence-corrected chi connectivity index (χ1v) is 2.58. The first kappa shape index (κ1) is 8.14. The van der Waals surface area contributed by atoms with Gasteiger partial charge >= 0.3 is 5.97 Å². The lowest BCUT2D eigenvalue weighted by atomic mass is 10.5. The number of hydrogen-bond donors (Lipinski definition) is 0. The second-order valence-corrected chi connectivity index (χ2v) is 1.59. The number of halogens is 1. The molecule has 3 heteroatoms. The Labute approximate surface area is 53.3 Å². The molecule has 0 saturated carbocycles. The fourth-order valence-electron chi connectivity index (χ4n) is 0.274. The monoisotopic (exact) mass is 132 g/mol. The lowest BCUT2D eigenvalue weighted by molar-refractivity contribution is -0.139. The molecule has 0 N–H and O–H groups in total. The topological polar surface area (TPSA) is 26.3 Å². The molecular formula is C6H9FO2. The maximum absolute atomic E-state index is 11.8. The van der Waals surface area contributed by atoms with Gasteiger partial charge in [0.2, 0.25) is 0 Å². The van der Waals surface area contributed by atoms with Crippen LogP contribution in [-0.4, -0.2) is 12.6 Å². The second kappa shape index (κ2) is 4.06. The number of rotatable bonds is 2. The maximum Gasteiger partial charge on any atom is 0.302 e. The van der Waals surface area contributed by atoms with Gasteiger partial charge in [-0.3, -0.25) is 4.79 Å². The van der Waals surface area contributed by atoms with Crippen molar-refractivity contribution >= 4 is 5.97 Å². The molecule has 0 radical (unpaired) electrons. The minimum Gasteiger partial charge on any atom is -0.462 e. The molecule has 52 valence electrons. The van der Waals surface area contributed by atoms with Gasteiger partial charge in [0.15, 0.2) is 0 Å². The van der Waals surface area contributed by atoms with Gasteiger partial charge in [-0.2, -0.15) is 0 Å². The van der Waals surface area contributed by atoms with Crippen molar-refractivity contribution in [2.45, 2.75) is 13.8 Å². The van der Waals surface area contributed by atoms with E-state index in [1.165, 1.54) is 19.9 Å². The summed E-state index contributed by atoms with van der Waals surface area (Å²) in [5, 5.41) is 0. The van der Waals surface area contributed by atoms with Crippen LogP contribution < -0.4 is 0 Å². The highest BCUT2D eigenvalue weighted by Gasteiger charge is 1.87. The molecule has 0 spiro atoms. The summed E-state index contributed by atoms with van der Waals surface area (Å²) >= 11 is 0. The van der Waals surface area contributed by atoms with E-state index >= 15 is 0 Å². The molecule has 0 saturated heterocycles. The van der Waals surface area contributed by atoms with Crippen LogP contribution in [0.3, 0.4) is 0 Å². The van der Waals surface area contributed by atoms with Crippen LogP contribution in [0, 0.1) is 0 Å². The molecule has 0 aliphatic heterocycles. The Morgan fingerprint density at radius 1 is 1.67 bits per heavy atom. The first-order chi connectivity index (χ1) is 4.13. The van der Waals surface area contributed by atoms with Gasteiger partial charge < -0.3 is 4.74 Å². The third kappa shape index (κ3) is 7.14. The van der Waals surface area contributed by atoms with Crippen LogP contribution in [0.1, 0.15) is 13.8 Å². The quantitative estimate of drug-likeness (QED) is 0.531. The third-order valence-corrected chi connectivity index (χ3v) is 0.651. The van der Waals surface area contributed by atoms with Crippen LogP contribution in [0.15, 0.2) is 11.9 Å². The van der Waals surface area contributed by atoms with Crippen molar-refractivity contribution < 1.29 is 13.9 Å². The number of carbonyl (C=O) groups is 1. The van der Waals surface area contributed by atoms with Gasteiger partial charge in [-0.05, 0) is 13.0 Å². The smallest absolute Gasteiger partial charge is 0.302 e. The summed E-state index contributed by atoms with van der Waals surface area (Å²) in [5.41, 5.74) is 0. The average Bonchev–Trinajstić information content (AvgIpc) is 1.63. The van der Waals surface area contributed by atoms with Crippen LogP contribution in [0.2, 0.25) is 0 Å². The summed E-state index contributed by atoms with van der Waals surface area (Å²) < 4.78 is 16.2. The van der Waals surface area contributed by atoms with Gasteiger partial charge in [0, 0.05) is 6.92 Å².